The van der Waals surface area contributed by atoms with Crippen LogP contribution in [0.5, 0.6) is 17.2 Å². The summed E-state index contributed by atoms with van der Waals surface area (Å²) in [5, 5.41) is 2.53. The number of hydrogen-bond acceptors (Lipinski definition) is 7. The number of carbonyl (C=O) groups excluding carboxylic acids is 3. The Morgan fingerprint density at radius 2 is 1.73 bits per heavy atom. The maximum Gasteiger partial charge on any atom is 0.350 e. The van der Waals surface area contributed by atoms with Crippen LogP contribution in [0.3, 0.4) is 0 Å². The van der Waals surface area contributed by atoms with Crippen LogP contribution in [0.15, 0.2) is 36.4 Å². The Kier molecular flexibility index (Phi) is 5.91. The molecule has 0 radical (unpaired) electrons. The van der Waals surface area contributed by atoms with Crippen molar-refractivity contribution in [3.8, 4) is 17.2 Å². The number of ketones is 1. The van der Waals surface area contributed by atoms with E-state index < -0.39 is 29.9 Å². The highest BCUT2D eigenvalue weighted by molar-refractivity contribution is 6.05. The average molecular weight is 417 g/mol. The molecule has 0 spiro atoms. The molecule has 0 aliphatic carbocycles. The predicted octanol–water partition coefficient (Wildman–Crippen LogP) is 3.10. The van der Waals surface area contributed by atoms with E-state index in [0.29, 0.717) is 11.5 Å². The SMILES string of the molecule is CC(=O)c1cc2c(cc1NC(=O)COC(=O)C(C)(C)Oc1ccc(F)cc1)OCO2. The molecule has 9 heteroatoms. The number of hydrogen-bond donors (Lipinski definition) is 1. The molecule has 0 atom stereocenters. The van der Waals surface area contributed by atoms with Gasteiger partial charge in [-0.05, 0) is 51.1 Å². The van der Waals surface area contributed by atoms with Crippen LogP contribution in [0.1, 0.15) is 31.1 Å². The lowest BCUT2D eigenvalue weighted by Crippen LogP contribution is -2.41. The fraction of sp³-hybridized carbons (Fsp3) is 0.286. The maximum atomic E-state index is 13.0. The normalized spacial score (nSPS) is 12.3. The van der Waals surface area contributed by atoms with Gasteiger partial charge in [0.2, 0.25) is 6.79 Å². The smallest absolute Gasteiger partial charge is 0.350 e. The van der Waals surface area contributed by atoms with E-state index in [1.807, 2.05) is 0 Å². The number of rotatable bonds is 7. The van der Waals surface area contributed by atoms with Crippen molar-refractivity contribution >= 4 is 23.3 Å². The van der Waals surface area contributed by atoms with Crippen LogP contribution in [0.2, 0.25) is 0 Å². The van der Waals surface area contributed by atoms with E-state index in [9.17, 15) is 18.8 Å². The minimum atomic E-state index is -1.42. The number of nitrogens with one attached hydrogen (secondary N) is 1. The summed E-state index contributed by atoms with van der Waals surface area (Å²) in [7, 11) is 0. The lowest BCUT2D eigenvalue weighted by molar-refractivity contribution is -0.161. The first-order chi connectivity index (χ1) is 14.2. The van der Waals surface area contributed by atoms with Gasteiger partial charge in [0.15, 0.2) is 29.5 Å². The zero-order valence-electron chi connectivity index (χ0n) is 16.6. The zero-order chi connectivity index (χ0) is 21.9. The van der Waals surface area contributed by atoms with E-state index in [1.54, 1.807) is 0 Å². The molecule has 2 aromatic rings. The van der Waals surface area contributed by atoms with Gasteiger partial charge in [-0.2, -0.15) is 0 Å². The molecule has 8 nitrogen and oxygen atoms in total. The second-order valence-electron chi connectivity index (χ2n) is 7.00. The van der Waals surface area contributed by atoms with E-state index >= 15 is 0 Å². The first-order valence-corrected chi connectivity index (χ1v) is 9.02. The molecular formula is C21H20FNO7. The molecule has 1 aliphatic heterocycles. The van der Waals surface area contributed by atoms with Gasteiger partial charge in [-0.3, -0.25) is 9.59 Å². The van der Waals surface area contributed by atoms with Gasteiger partial charge in [0.1, 0.15) is 11.6 Å². The fourth-order valence-corrected chi connectivity index (χ4v) is 2.67. The van der Waals surface area contributed by atoms with Crippen molar-refractivity contribution in [3.05, 3.63) is 47.8 Å². The van der Waals surface area contributed by atoms with Crippen molar-refractivity contribution in [2.24, 2.45) is 0 Å². The molecule has 1 N–H and O–H groups in total. The average Bonchev–Trinajstić information content (AvgIpc) is 3.14. The number of esters is 1. The van der Waals surface area contributed by atoms with E-state index in [0.717, 1.165) is 0 Å². The van der Waals surface area contributed by atoms with Crippen LogP contribution in [0.4, 0.5) is 10.1 Å². The Hall–Kier alpha value is -3.62. The molecule has 158 valence electrons. The van der Waals surface area contributed by atoms with Gasteiger partial charge in [-0.25, -0.2) is 9.18 Å². The van der Waals surface area contributed by atoms with E-state index in [4.69, 9.17) is 18.9 Å². The Labute approximate surface area is 171 Å². The van der Waals surface area contributed by atoms with Crippen molar-refractivity contribution in [2.45, 2.75) is 26.4 Å². The second kappa shape index (κ2) is 8.40. The number of fused-ring (bicyclic) bond motifs is 1. The number of benzene rings is 2. The minimum absolute atomic E-state index is 0.0187. The lowest BCUT2D eigenvalue weighted by Gasteiger charge is -2.24. The van der Waals surface area contributed by atoms with E-state index in [-0.39, 0.29) is 29.6 Å². The zero-order valence-corrected chi connectivity index (χ0v) is 16.6. The van der Waals surface area contributed by atoms with E-state index in [2.05, 4.69) is 5.32 Å². The number of anilines is 1. The topological polar surface area (TPSA) is 100 Å². The van der Waals surface area contributed by atoms with Gasteiger partial charge in [0.25, 0.3) is 5.91 Å². The number of amides is 1. The lowest BCUT2D eigenvalue weighted by atomic mass is 10.1. The summed E-state index contributed by atoms with van der Waals surface area (Å²) < 4.78 is 34.0. The van der Waals surface area contributed by atoms with Gasteiger partial charge in [-0.1, -0.05) is 0 Å². The quantitative estimate of drug-likeness (QED) is 0.546. The summed E-state index contributed by atoms with van der Waals surface area (Å²) in [5.41, 5.74) is -0.963. The molecule has 1 aliphatic rings. The van der Waals surface area contributed by atoms with Crippen LogP contribution < -0.4 is 19.5 Å². The van der Waals surface area contributed by atoms with Gasteiger partial charge < -0.3 is 24.3 Å². The second-order valence-corrected chi connectivity index (χ2v) is 7.00. The molecule has 0 bridgehead atoms. The third kappa shape index (κ3) is 4.86. The molecule has 1 amide bonds. The number of ether oxygens (including phenoxy) is 4. The summed E-state index contributed by atoms with van der Waals surface area (Å²) in [5.74, 6) is -1.09. The van der Waals surface area contributed by atoms with Gasteiger partial charge in [0, 0.05) is 11.6 Å². The standard InChI is InChI=1S/C21H20FNO7/c1-12(24)15-8-17-18(29-11-28-17)9-16(15)23-19(25)10-27-20(26)21(2,3)30-14-6-4-13(22)5-7-14/h4-9H,10-11H2,1-3H3,(H,23,25). The summed E-state index contributed by atoms with van der Waals surface area (Å²) in [4.78, 5) is 36.5. The van der Waals surface area contributed by atoms with Crippen LogP contribution in [0.25, 0.3) is 0 Å². The molecular weight excluding hydrogens is 397 g/mol. The third-order valence-corrected chi connectivity index (χ3v) is 4.18. The molecule has 2 aromatic carbocycles. The van der Waals surface area contributed by atoms with Crippen LogP contribution in [-0.2, 0) is 14.3 Å². The first-order valence-electron chi connectivity index (χ1n) is 9.02. The molecule has 3 rings (SSSR count). The first kappa shape index (κ1) is 21.1. The minimum Gasteiger partial charge on any atom is -0.476 e. The largest absolute Gasteiger partial charge is 0.476 e. The van der Waals surface area contributed by atoms with E-state index in [1.165, 1.54) is 57.2 Å². The molecule has 0 saturated carbocycles. The molecule has 0 saturated heterocycles. The van der Waals surface area contributed by atoms with Crippen molar-refractivity contribution in [1.82, 2.24) is 0 Å². The summed E-state index contributed by atoms with van der Waals surface area (Å²) in [6.07, 6.45) is 0. The predicted molar refractivity (Wildman–Crippen MR) is 103 cm³/mol. The van der Waals surface area contributed by atoms with Crippen molar-refractivity contribution in [2.75, 3.05) is 18.7 Å². The summed E-state index contributed by atoms with van der Waals surface area (Å²) >= 11 is 0. The highest BCUT2D eigenvalue weighted by Gasteiger charge is 2.32. The molecule has 1 heterocycles. The number of carbonyl (C=O) groups is 3. The highest BCUT2D eigenvalue weighted by Crippen LogP contribution is 2.37. The number of Topliss-reactive ketones (excluding diaryl/α,β-unsaturated/α-hetero) is 1. The molecule has 30 heavy (non-hydrogen) atoms. The summed E-state index contributed by atoms with van der Waals surface area (Å²) in [6.45, 7) is 3.69. The van der Waals surface area contributed by atoms with Gasteiger partial charge in [0.05, 0.1) is 5.69 Å². The van der Waals surface area contributed by atoms with Gasteiger partial charge >= 0.3 is 5.97 Å². The Morgan fingerprint density at radius 1 is 1.10 bits per heavy atom. The fourth-order valence-electron chi connectivity index (χ4n) is 2.67. The Bertz CT molecular complexity index is 986. The highest BCUT2D eigenvalue weighted by atomic mass is 19.1. The molecule has 0 aromatic heterocycles. The molecule has 0 fully saturated rings. The Balaban J connectivity index is 1.61. The molecule has 0 unspecified atom stereocenters. The van der Waals surface area contributed by atoms with Gasteiger partial charge in [-0.15, -0.1) is 0 Å². The van der Waals surface area contributed by atoms with Crippen LogP contribution >= 0.6 is 0 Å². The van der Waals surface area contributed by atoms with Crippen molar-refractivity contribution in [1.29, 1.82) is 0 Å². The number of halogens is 1. The van der Waals surface area contributed by atoms with Crippen molar-refractivity contribution < 1.29 is 37.7 Å². The maximum absolute atomic E-state index is 13.0. The monoisotopic (exact) mass is 417 g/mol. The summed E-state index contributed by atoms with van der Waals surface area (Å²) in [6, 6.07) is 8.09. The Morgan fingerprint density at radius 3 is 2.37 bits per heavy atom. The van der Waals surface area contributed by atoms with Crippen molar-refractivity contribution in [3.63, 3.8) is 0 Å². The van der Waals surface area contributed by atoms with Crippen LogP contribution in [0, 0.1) is 5.82 Å². The van der Waals surface area contributed by atoms with Crippen LogP contribution in [-0.4, -0.2) is 36.7 Å². The third-order valence-electron chi connectivity index (χ3n) is 4.18.